The second kappa shape index (κ2) is 7.38. The molecule has 0 atom stereocenters. The standard InChI is InChI=1S/C14H4F18O/c15-7(16,9(19,20)11(23,24)13(27,28)29)4-1-2-6(33)5(3-4)8(17,18)10(21,22)12(25,26)14(30,31)32/h1-3,33H. The molecule has 0 spiro atoms. The highest BCUT2D eigenvalue weighted by Crippen LogP contribution is 2.60. The second-order valence-corrected chi connectivity index (χ2v) is 6.17. The van der Waals surface area contributed by atoms with E-state index in [4.69, 9.17) is 5.11 Å². The second-order valence-electron chi connectivity index (χ2n) is 6.17. The highest BCUT2D eigenvalue weighted by Gasteiger charge is 2.84. The Morgan fingerprint density at radius 3 is 1.12 bits per heavy atom. The maximum atomic E-state index is 13.9. The van der Waals surface area contributed by atoms with Crippen molar-refractivity contribution in [1.82, 2.24) is 0 Å². The molecule has 0 aliphatic heterocycles. The first-order chi connectivity index (χ1) is 14.1. The summed E-state index contributed by atoms with van der Waals surface area (Å²) >= 11 is 0. The molecule has 0 saturated heterocycles. The van der Waals surface area contributed by atoms with Crippen LogP contribution in [0.25, 0.3) is 0 Å². The molecule has 0 bridgehead atoms. The van der Waals surface area contributed by atoms with Crippen LogP contribution in [0.1, 0.15) is 11.1 Å². The lowest BCUT2D eigenvalue weighted by Gasteiger charge is -2.35. The molecule has 1 nitrogen and oxygen atoms in total. The zero-order chi connectivity index (χ0) is 26.9. The van der Waals surface area contributed by atoms with Gasteiger partial charge in [0.2, 0.25) is 0 Å². The van der Waals surface area contributed by atoms with Crippen molar-refractivity contribution in [3.05, 3.63) is 29.3 Å². The summed E-state index contributed by atoms with van der Waals surface area (Å²) in [7, 11) is 0. The molecule has 1 aromatic carbocycles. The Labute approximate surface area is 168 Å². The van der Waals surface area contributed by atoms with Crippen molar-refractivity contribution in [3.63, 3.8) is 0 Å². The molecular formula is C14H4F18O. The summed E-state index contributed by atoms with van der Waals surface area (Å²) in [5.74, 6) is -46.8. The highest BCUT2D eigenvalue weighted by molar-refractivity contribution is 5.43. The van der Waals surface area contributed by atoms with Crippen molar-refractivity contribution in [3.8, 4) is 5.75 Å². The topological polar surface area (TPSA) is 20.2 Å². The molecule has 0 radical (unpaired) electrons. The monoisotopic (exact) mass is 530 g/mol. The predicted molar refractivity (Wildman–Crippen MR) is 67.8 cm³/mol. The number of alkyl halides is 18. The van der Waals surface area contributed by atoms with E-state index in [9.17, 15) is 79.0 Å². The Hall–Kier alpha value is -2.24. The fourth-order valence-corrected chi connectivity index (χ4v) is 2.08. The lowest BCUT2D eigenvalue weighted by molar-refractivity contribution is -0.400. The average molecular weight is 530 g/mol. The average Bonchev–Trinajstić information content (AvgIpc) is 2.59. The molecule has 0 unspecified atom stereocenters. The number of phenolic OH excluding ortho intramolecular Hbond substituents is 1. The largest absolute Gasteiger partial charge is 0.507 e. The summed E-state index contributed by atoms with van der Waals surface area (Å²) in [6.07, 6.45) is -14.8. The quantitative estimate of drug-likeness (QED) is 0.385. The molecule has 0 amide bonds. The van der Waals surface area contributed by atoms with Gasteiger partial charge in [0.05, 0.1) is 5.56 Å². The molecule has 1 aromatic rings. The zero-order valence-electron chi connectivity index (χ0n) is 14.5. The molecule has 0 aliphatic rings. The summed E-state index contributed by atoms with van der Waals surface area (Å²) in [6, 6.07) is -3.05. The summed E-state index contributed by atoms with van der Waals surface area (Å²) in [6.45, 7) is 0. The van der Waals surface area contributed by atoms with Gasteiger partial charge in [-0.2, -0.15) is 79.0 Å². The van der Waals surface area contributed by atoms with Crippen LogP contribution >= 0.6 is 0 Å². The van der Waals surface area contributed by atoms with Gasteiger partial charge in [0.25, 0.3) is 0 Å². The Morgan fingerprint density at radius 2 is 0.788 bits per heavy atom. The fourth-order valence-electron chi connectivity index (χ4n) is 2.08. The van der Waals surface area contributed by atoms with Gasteiger partial charge in [-0.25, -0.2) is 0 Å². The van der Waals surface area contributed by atoms with E-state index in [-0.39, 0.29) is 0 Å². The molecule has 33 heavy (non-hydrogen) atoms. The van der Waals surface area contributed by atoms with Crippen LogP contribution in [-0.2, 0) is 11.8 Å². The Kier molecular flexibility index (Phi) is 6.44. The molecular weight excluding hydrogens is 526 g/mol. The van der Waals surface area contributed by atoms with Crippen molar-refractivity contribution in [2.24, 2.45) is 0 Å². The van der Waals surface area contributed by atoms with Crippen molar-refractivity contribution in [1.29, 1.82) is 0 Å². The molecule has 192 valence electrons. The van der Waals surface area contributed by atoms with Crippen molar-refractivity contribution < 1.29 is 84.1 Å². The Bertz CT molecular complexity index is 877. The third-order valence-corrected chi connectivity index (χ3v) is 3.99. The van der Waals surface area contributed by atoms with E-state index in [1.807, 2.05) is 0 Å². The molecule has 0 heterocycles. The minimum absolute atomic E-state index is 0.740. The number of phenols is 1. The number of rotatable bonds is 6. The van der Waals surface area contributed by atoms with Gasteiger partial charge in [-0.15, -0.1) is 0 Å². The number of halogens is 18. The van der Waals surface area contributed by atoms with Crippen LogP contribution in [0.5, 0.6) is 5.75 Å². The zero-order valence-corrected chi connectivity index (χ0v) is 14.5. The van der Waals surface area contributed by atoms with E-state index in [0.29, 0.717) is 0 Å². The molecule has 0 aliphatic carbocycles. The van der Waals surface area contributed by atoms with E-state index >= 15 is 0 Å². The predicted octanol–water partition coefficient (Wildman–Crippen LogP) is 7.24. The van der Waals surface area contributed by atoms with Crippen molar-refractivity contribution >= 4 is 0 Å². The summed E-state index contributed by atoms with van der Waals surface area (Å²) in [4.78, 5) is 0. The highest BCUT2D eigenvalue weighted by atomic mass is 19.4. The van der Waals surface area contributed by atoms with Gasteiger partial charge in [0.1, 0.15) is 5.75 Å². The third-order valence-electron chi connectivity index (χ3n) is 3.99. The SMILES string of the molecule is Oc1ccc(C(F)(F)C(F)(F)C(F)(F)C(F)(F)F)cc1C(F)(F)C(F)(F)C(F)(F)C(F)(F)F. The van der Waals surface area contributed by atoms with Crippen molar-refractivity contribution in [2.45, 2.75) is 47.9 Å². The number of aromatic hydroxyl groups is 1. The van der Waals surface area contributed by atoms with Gasteiger partial charge in [0, 0.05) is 5.56 Å². The van der Waals surface area contributed by atoms with Gasteiger partial charge in [-0.3, -0.25) is 0 Å². The molecule has 0 fully saturated rings. The van der Waals surface area contributed by atoms with E-state index < -0.39 is 83.0 Å². The van der Waals surface area contributed by atoms with Gasteiger partial charge in [-0.1, -0.05) is 0 Å². The van der Waals surface area contributed by atoms with Gasteiger partial charge in [0.15, 0.2) is 0 Å². The summed E-state index contributed by atoms with van der Waals surface area (Å²) in [5, 5.41) is 9.06. The molecule has 0 aromatic heterocycles. The normalized spacial score (nSPS) is 15.7. The number of benzene rings is 1. The minimum Gasteiger partial charge on any atom is -0.507 e. The summed E-state index contributed by atoms with van der Waals surface area (Å²) in [5.41, 5.74) is -6.45. The Morgan fingerprint density at radius 1 is 0.455 bits per heavy atom. The molecule has 1 rings (SSSR count). The van der Waals surface area contributed by atoms with E-state index in [1.54, 1.807) is 0 Å². The molecule has 19 heteroatoms. The first-order valence-corrected chi connectivity index (χ1v) is 7.36. The van der Waals surface area contributed by atoms with E-state index in [0.717, 1.165) is 0 Å². The smallest absolute Gasteiger partial charge is 0.460 e. The minimum atomic E-state index is -7.65. The lowest BCUT2D eigenvalue weighted by atomic mass is 9.90. The van der Waals surface area contributed by atoms with Crippen LogP contribution in [0.4, 0.5) is 79.0 Å². The van der Waals surface area contributed by atoms with Crippen LogP contribution in [0.15, 0.2) is 18.2 Å². The number of hydrogen-bond acceptors (Lipinski definition) is 1. The van der Waals surface area contributed by atoms with E-state index in [2.05, 4.69) is 0 Å². The lowest BCUT2D eigenvalue weighted by Crippen LogP contribution is -2.60. The maximum absolute atomic E-state index is 13.9. The van der Waals surface area contributed by atoms with Gasteiger partial charge >= 0.3 is 47.9 Å². The third kappa shape index (κ3) is 3.89. The molecule has 1 N–H and O–H groups in total. The first-order valence-electron chi connectivity index (χ1n) is 7.36. The van der Waals surface area contributed by atoms with Crippen molar-refractivity contribution in [2.75, 3.05) is 0 Å². The first kappa shape index (κ1) is 28.8. The maximum Gasteiger partial charge on any atom is 0.460 e. The van der Waals surface area contributed by atoms with E-state index in [1.165, 1.54) is 0 Å². The van der Waals surface area contributed by atoms with Crippen LogP contribution in [0.3, 0.4) is 0 Å². The van der Waals surface area contributed by atoms with Crippen LogP contribution < -0.4 is 0 Å². The van der Waals surface area contributed by atoms with Gasteiger partial charge in [-0.05, 0) is 18.2 Å². The van der Waals surface area contributed by atoms with Crippen LogP contribution in [0, 0.1) is 0 Å². The van der Waals surface area contributed by atoms with Gasteiger partial charge < -0.3 is 5.11 Å². The van der Waals surface area contributed by atoms with Crippen LogP contribution in [0.2, 0.25) is 0 Å². The number of hydrogen-bond donors (Lipinski definition) is 1. The summed E-state index contributed by atoms with van der Waals surface area (Å²) < 4.78 is 233. The Balaban J connectivity index is 3.80. The fraction of sp³-hybridized carbons (Fsp3) is 0.571. The molecule has 0 saturated carbocycles. The van der Waals surface area contributed by atoms with Crippen LogP contribution in [-0.4, -0.2) is 41.1 Å².